The summed E-state index contributed by atoms with van der Waals surface area (Å²) in [7, 11) is 0. The molecular weight excluding hydrogens is 402 g/mol. The van der Waals surface area contributed by atoms with Gasteiger partial charge in [0.2, 0.25) is 5.13 Å². The number of hydrogen-bond donors (Lipinski definition) is 1. The molecule has 0 unspecified atom stereocenters. The number of anilines is 1. The summed E-state index contributed by atoms with van der Waals surface area (Å²) in [5, 5.41) is 8.70. The zero-order valence-electron chi connectivity index (χ0n) is 14.6. The number of benzene rings is 2. The van der Waals surface area contributed by atoms with Crippen molar-refractivity contribution in [1.82, 2.24) is 15.1 Å². The molecule has 2 heterocycles. The minimum absolute atomic E-state index is 0.0274. The smallest absolute Gasteiger partial charge is 0.291 e. The highest BCUT2D eigenvalue weighted by atomic mass is 32.1. The van der Waals surface area contributed by atoms with Gasteiger partial charge < -0.3 is 0 Å². The third-order valence-corrected chi connectivity index (χ3v) is 5.13. The van der Waals surface area contributed by atoms with E-state index < -0.39 is 17.3 Å². The first-order valence-electron chi connectivity index (χ1n) is 8.41. The highest BCUT2D eigenvalue weighted by Crippen LogP contribution is 2.26. The average molecular weight is 414 g/mol. The molecule has 2 aromatic carbocycles. The van der Waals surface area contributed by atoms with Crippen molar-refractivity contribution in [3.05, 3.63) is 75.8 Å². The second-order valence-corrected chi connectivity index (χ2v) is 7.15. The fraction of sp³-hybridized carbons (Fsp3) is 0.105. The van der Waals surface area contributed by atoms with E-state index in [4.69, 9.17) is 0 Å². The molecule has 146 valence electrons. The maximum absolute atomic E-state index is 12.5. The van der Waals surface area contributed by atoms with Crippen molar-refractivity contribution in [3.8, 4) is 0 Å². The summed E-state index contributed by atoms with van der Waals surface area (Å²) in [6.45, 7) is 0.0718. The van der Waals surface area contributed by atoms with Crippen LogP contribution in [0, 0.1) is 0 Å². The number of carbonyl (C=O) groups excluding carboxylic acids is 3. The van der Waals surface area contributed by atoms with E-state index in [0.717, 1.165) is 4.90 Å². The van der Waals surface area contributed by atoms with Crippen LogP contribution in [0.1, 0.15) is 48.1 Å². The highest BCUT2D eigenvalue weighted by Gasteiger charge is 2.34. The fourth-order valence-corrected chi connectivity index (χ4v) is 3.46. The number of halogens is 2. The van der Waals surface area contributed by atoms with E-state index >= 15 is 0 Å². The lowest BCUT2D eigenvalue weighted by atomic mass is 10.1. The van der Waals surface area contributed by atoms with Crippen LogP contribution < -0.4 is 5.32 Å². The second kappa shape index (κ2) is 7.47. The van der Waals surface area contributed by atoms with Crippen LogP contribution >= 0.6 is 11.3 Å². The molecule has 3 amide bonds. The van der Waals surface area contributed by atoms with E-state index in [0.29, 0.717) is 28.0 Å². The minimum Gasteiger partial charge on any atom is -0.296 e. The molecule has 0 fully saturated rings. The first-order valence-corrected chi connectivity index (χ1v) is 9.23. The standard InChI is InChI=1S/C19H12F2N4O3S/c20-14(21)16-23-24-19(29-16)22-15(26)11-7-5-10(6-8-11)9-25-17(27)12-3-1-2-4-13(12)18(25)28/h1-8,14H,9H2,(H,22,24,26). The van der Waals surface area contributed by atoms with Crippen LogP contribution in [0.25, 0.3) is 0 Å². The summed E-state index contributed by atoms with van der Waals surface area (Å²) < 4.78 is 25.1. The number of alkyl halides is 2. The Bertz CT molecular complexity index is 1080. The van der Waals surface area contributed by atoms with Crippen LogP contribution in [0.3, 0.4) is 0 Å². The highest BCUT2D eigenvalue weighted by molar-refractivity contribution is 7.15. The van der Waals surface area contributed by atoms with Gasteiger partial charge in [0.25, 0.3) is 24.1 Å². The van der Waals surface area contributed by atoms with E-state index in [2.05, 4.69) is 15.5 Å². The van der Waals surface area contributed by atoms with E-state index in [1.165, 1.54) is 12.1 Å². The van der Waals surface area contributed by atoms with E-state index in [-0.39, 0.29) is 29.1 Å². The number of rotatable bonds is 5. The van der Waals surface area contributed by atoms with Crippen molar-refractivity contribution in [3.63, 3.8) is 0 Å². The number of hydrogen-bond acceptors (Lipinski definition) is 6. The van der Waals surface area contributed by atoms with Crippen LogP contribution in [-0.4, -0.2) is 32.8 Å². The van der Waals surface area contributed by atoms with Gasteiger partial charge in [0.05, 0.1) is 17.7 Å². The molecule has 7 nitrogen and oxygen atoms in total. The zero-order chi connectivity index (χ0) is 20.5. The van der Waals surface area contributed by atoms with Gasteiger partial charge in [-0.05, 0) is 29.8 Å². The molecule has 0 aliphatic carbocycles. The summed E-state index contributed by atoms with van der Waals surface area (Å²) in [5.41, 5.74) is 1.67. The number of fused-ring (bicyclic) bond motifs is 1. The number of amides is 3. The predicted molar refractivity (Wildman–Crippen MR) is 99.9 cm³/mol. The minimum atomic E-state index is -2.75. The largest absolute Gasteiger partial charge is 0.296 e. The summed E-state index contributed by atoms with van der Waals surface area (Å²) in [4.78, 5) is 38.2. The Kier molecular flexibility index (Phi) is 4.85. The van der Waals surface area contributed by atoms with Crippen molar-refractivity contribution in [2.24, 2.45) is 0 Å². The van der Waals surface area contributed by atoms with Gasteiger partial charge in [-0.1, -0.05) is 35.6 Å². The van der Waals surface area contributed by atoms with Gasteiger partial charge >= 0.3 is 0 Å². The first kappa shape index (κ1) is 18.8. The van der Waals surface area contributed by atoms with Crippen LogP contribution in [0.5, 0.6) is 0 Å². The van der Waals surface area contributed by atoms with Crippen LogP contribution in [0.15, 0.2) is 48.5 Å². The number of nitrogens with one attached hydrogen (secondary N) is 1. The Hall–Kier alpha value is -3.53. The summed E-state index contributed by atoms with van der Waals surface area (Å²) in [5.74, 6) is -1.26. The fourth-order valence-electron chi connectivity index (χ4n) is 2.87. The molecule has 10 heteroatoms. The monoisotopic (exact) mass is 414 g/mol. The topological polar surface area (TPSA) is 92.3 Å². The average Bonchev–Trinajstić information content (AvgIpc) is 3.28. The maximum Gasteiger partial charge on any atom is 0.291 e. The number of imide groups is 1. The first-order chi connectivity index (χ1) is 13.9. The molecule has 3 aromatic rings. The summed E-state index contributed by atoms with van der Waals surface area (Å²) in [6.07, 6.45) is -2.75. The maximum atomic E-state index is 12.5. The van der Waals surface area contributed by atoms with E-state index in [9.17, 15) is 23.2 Å². The zero-order valence-corrected chi connectivity index (χ0v) is 15.5. The van der Waals surface area contributed by atoms with Gasteiger partial charge in [-0.15, -0.1) is 10.2 Å². The lowest BCUT2D eigenvalue weighted by molar-refractivity contribution is 0.0642. The van der Waals surface area contributed by atoms with Gasteiger partial charge in [0, 0.05) is 5.56 Å². The molecule has 1 aliphatic rings. The summed E-state index contributed by atoms with van der Waals surface area (Å²) >= 11 is 0.597. The lowest BCUT2D eigenvalue weighted by Crippen LogP contribution is -2.29. The molecule has 1 aromatic heterocycles. The van der Waals surface area contributed by atoms with Gasteiger partial charge in [-0.3, -0.25) is 24.6 Å². The van der Waals surface area contributed by atoms with Crippen LogP contribution in [0.2, 0.25) is 0 Å². The molecule has 0 bridgehead atoms. The molecular formula is C19H12F2N4O3S. The molecule has 0 spiro atoms. The Labute approximate surface area is 167 Å². The van der Waals surface area contributed by atoms with Gasteiger partial charge in [-0.2, -0.15) is 0 Å². The molecule has 0 radical (unpaired) electrons. The van der Waals surface area contributed by atoms with Crippen LogP contribution in [-0.2, 0) is 6.54 Å². The second-order valence-electron chi connectivity index (χ2n) is 6.14. The third kappa shape index (κ3) is 3.61. The van der Waals surface area contributed by atoms with Crippen molar-refractivity contribution in [2.45, 2.75) is 13.0 Å². The Morgan fingerprint density at radius 2 is 1.62 bits per heavy atom. The van der Waals surface area contributed by atoms with E-state index in [1.54, 1.807) is 36.4 Å². The molecule has 0 atom stereocenters. The Morgan fingerprint density at radius 3 is 2.17 bits per heavy atom. The van der Waals surface area contributed by atoms with Crippen LogP contribution in [0.4, 0.5) is 13.9 Å². The molecule has 4 rings (SSSR count). The van der Waals surface area contributed by atoms with Gasteiger partial charge in [-0.25, -0.2) is 8.78 Å². The SMILES string of the molecule is O=C(Nc1nnc(C(F)F)s1)c1ccc(CN2C(=O)c3ccccc3C2=O)cc1. The van der Waals surface area contributed by atoms with Gasteiger partial charge in [0.1, 0.15) is 0 Å². The van der Waals surface area contributed by atoms with Crippen molar-refractivity contribution in [1.29, 1.82) is 0 Å². The van der Waals surface area contributed by atoms with Crippen molar-refractivity contribution in [2.75, 3.05) is 5.32 Å². The number of nitrogens with zero attached hydrogens (tertiary/aromatic N) is 3. The Morgan fingerprint density at radius 1 is 1.00 bits per heavy atom. The number of aromatic nitrogens is 2. The molecule has 0 saturated heterocycles. The number of carbonyl (C=O) groups is 3. The predicted octanol–water partition coefficient (Wildman–Crippen LogP) is 3.52. The molecule has 29 heavy (non-hydrogen) atoms. The molecule has 1 aliphatic heterocycles. The van der Waals surface area contributed by atoms with Gasteiger partial charge in [0.15, 0.2) is 5.01 Å². The van der Waals surface area contributed by atoms with E-state index in [1.807, 2.05) is 0 Å². The Balaban J connectivity index is 1.43. The normalized spacial score (nSPS) is 13.1. The molecule has 0 saturated carbocycles. The lowest BCUT2D eigenvalue weighted by Gasteiger charge is -2.14. The third-order valence-electron chi connectivity index (χ3n) is 4.28. The van der Waals surface area contributed by atoms with Crippen molar-refractivity contribution < 1.29 is 23.2 Å². The summed E-state index contributed by atoms with van der Waals surface area (Å²) in [6, 6.07) is 12.9. The molecule has 1 N–H and O–H groups in total. The van der Waals surface area contributed by atoms with Crippen molar-refractivity contribution >= 4 is 34.2 Å². The quantitative estimate of drug-likeness (QED) is 0.645.